The summed E-state index contributed by atoms with van der Waals surface area (Å²) in [6.45, 7) is 8.80. The third kappa shape index (κ3) is 3.82. The Morgan fingerprint density at radius 3 is 2.67 bits per heavy atom. The van der Waals surface area contributed by atoms with Crippen molar-refractivity contribution in [2.45, 2.75) is 39.3 Å². The highest BCUT2D eigenvalue weighted by atomic mass is 16.5. The van der Waals surface area contributed by atoms with Gasteiger partial charge in [0.15, 0.2) is 0 Å². The van der Waals surface area contributed by atoms with Crippen molar-refractivity contribution < 1.29 is 9.47 Å². The van der Waals surface area contributed by atoms with Crippen molar-refractivity contribution >= 4 is 5.69 Å². The number of hydrogen-bond donors (Lipinski definition) is 1. The molecule has 0 radical (unpaired) electrons. The zero-order valence-electron chi connectivity index (χ0n) is 13.8. The van der Waals surface area contributed by atoms with Gasteiger partial charge in [0.25, 0.3) is 0 Å². The molecular formula is C17H28N2O2. The van der Waals surface area contributed by atoms with Crippen LogP contribution >= 0.6 is 0 Å². The van der Waals surface area contributed by atoms with Crippen LogP contribution in [0.4, 0.5) is 5.69 Å². The number of benzene rings is 1. The molecule has 0 aromatic heterocycles. The molecule has 1 heterocycles. The molecule has 1 aromatic carbocycles. The van der Waals surface area contributed by atoms with Gasteiger partial charge in [-0.05, 0) is 31.4 Å². The van der Waals surface area contributed by atoms with E-state index in [-0.39, 0.29) is 0 Å². The smallest absolute Gasteiger partial charge is 0.142 e. The van der Waals surface area contributed by atoms with Crippen molar-refractivity contribution in [3.8, 4) is 11.5 Å². The van der Waals surface area contributed by atoms with E-state index in [2.05, 4.69) is 37.1 Å². The summed E-state index contributed by atoms with van der Waals surface area (Å²) in [5.74, 6) is 2.48. The van der Waals surface area contributed by atoms with Gasteiger partial charge >= 0.3 is 0 Å². The van der Waals surface area contributed by atoms with E-state index in [1.165, 1.54) is 6.42 Å². The molecule has 118 valence electrons. The van der Waals surface area contributed by atoms with Crippen LogP contribution in [0.25, 0.3) is 0 Å². The molecule has 0 aliphatic carbocycles. The Morgan fingerprint density at radius 2 is 2.05 bits per heavy atom. The van der Waals surface area contributed by atoms with Crippen LogP contribution < -0.4 is 19.7 Å². The van der Waals surface area contributed by atoms with Gasteiger partial charge in [0.1, 0.15) is 11.5 Å². The second-order valence-electron chi connectivity index (χ2n) is 6.27. The van der Waals surface area contributed by atoms with Gasteiger partial charge < -0.3 is 19.7 Å². The van der Waals surface area contributed by atoms with Crippen LogP contribution in [0.1, 0.15) is 27.2 Å². The highest BCUT2D eigenvalue weighted by Gasteiger charge is 2.27. The predicted molar refractivity (Wildman–Crippen MR) is 87.6 cm³/mol. The van der Waals surface area contributed by atoms with Crippen LogP contribution in [0.3, 0.4) is 0 Å². The third-order valence-electron chi connectivity index (χ3n) is 4.10. The van der Waals surface area contributed by atoms with Gasteiger partial charge in [-0.1, -0.05) is 13.8 Å². The molecule has 1 fully saturated rings. The monoisotopic (exact) mass is 292 g/mol. The summed E-state index contributed by atoms with van der Waals surface area (Å²) in [5.41, 5.74) is 1.12. The summed E-state index contributed by atoms with van der Waals surface area (Å²) >= 11 is 0. The lowest BCUT2D eigenvalue weighted by atomic mass is 9.99. The lowest BCUT2D eigenvalue weighted by molar-refractivity contribution is 0.350. The molecule has 4 nitrogen and oxygen atoms in total. The lowest BCUT2D eigenvalue weighted by Crippen LogP contribution is -2.56. The number of piperazine rings is 1. The quantitative estimate of drug-likeness (QED) is 0.905. The molecule has 1 N–H and O–H groups in total. The fourth-order valence-corrected chi connectivity index (χ4v) is 3.01. The summed E-state index contributed by atoms with van der Waals surface area (Å²) in [6.07, 6.45) is 1.19. The van der Waals surface area contributed by atoms with E-state index < -0.39 is 0 Å². The van der Waals surface area contributed by atoms with Crippen LogP contribution in [-0.4, -0.2) is 39.4 Å². The lowest BCUT2D eigenvalue weighted by Gasteiger charge is -2.41. The SMILES string of the molecule is COc1ccc(OC)c(N2CC(CC(C)C)NCC2C)c1. The largest absolute Gasteiger partial charge is 0.497 e. The number of hydrogen-bond acceptors (Lipinski definition) is 4. The summed E-state index contributed by atoms with van der Waals surface area (Å²) in [4.78, 5) is 2.44. The second-order valence-corrected chi connectivity index (χ2v) is 6.27. The average Bonchev–Trinajstić information content (AvgIpc) is 2.48. The topological polar surface area (TPSA) is 33.7 Å². The Bertz CT molecular complexity index is 462. The standard InChI is InChI=1S/C17H28N2O2/c1-12(2)8-14-11-19(13(3)10-18-14)16-9-15(20-4)6-7-17(16)21-5/h6-7,9,12-14,18H,8,10-11H2,1-5H3. The fourth-order valence-electron chi connectivity index (χ4n) is 3.01. The highest BCUT2D eigenvalue weighted by molar-refractivity contribution is 5.62. The number of rotatable bonds is 5. The van der Waals surface area contributed by atoms with Crippen molar-refractivity contribution in [2.24, 2.45) is 5.92 Å². The molecule has 21 heavy (non-hydrogen) atoms. The number of nitrogens with one attached hydrogen (secondary N) is 1. The third-order valence-corrected chi connectivity index (χ3v) is 4.10. The second kappa shape index (κ2) is 7.03. The summed E-state index contributed by atoms with van der Waals surface area (Å²) in [5, 5.41) is 3.65. The molecule has 2 rings (SSSR count). The molecule has 1 aromatic rings. The summed E-state index contributed by atoms with van der Waals surface area (Å²) < 4.78 is 10.9. The summed E-state index contributed by atoms with van der Waals surface area (Å²) in [6, 6.07) is 6.97. The van der Waals surface area contributed by atoms with Crippen molar-refractivity contribution in [3.05, 3.63) is 18.2 Å². The Balaban J connectivity index is 2.25. The fraction of sp³-hybridized carbons (Fsp3) is 0.647. The minimum Gasteiger partial charge on any atom is -0.497 e. The summed E-state index contributed by atoms with van der Waals surface area (Å²) in [7, 11) is 3.43. The number of ether oxygens (including phenoxy) is 2. The van der Waals surface area contributed by atoms with E-state index in [1.807, 2.05) is 12.1 Å². The Hall–Kier alpha value is -1.42. The Kier molecular flexibility index (Phi) is 5.34. The normalized spacial score (nSPS) is 22.5. The van der Waals surface area contributed by atoms with Crippen LogP contribution in [-0.2, 0) is 0 Å². The van der Waals surface area contributed by atoms with E-state index in [9.17, 15) is 0 Å². The van der Waals surface area contributed by atoms with Crippen molar-refractivity contribution in [1.29, 1.82) is 0 Å². The van der Waals surface area contributed by atoms with Crippen molar-refractivity contribution in [3.63, 3.8) is 0 Å². The van der Waals surface area contributed by atoms with Gasteiger partial charge in [-0.2, -0.15) is 0 Å². The van der Waals surface area contributed by atoms with Crippen molar-refractivity contribution in [1.82, 2.24) is 5.32 Å². The van der Waals surface area contributed by atoms with Crippen LogP contribution in [0.5, 0.6) is 11.5 Å². The van der Waals surface area contributed by atoms with E-state index in [1.54, 1.807) is 14.2 Å². The van der Waals surface area contributed by atoms with Crippen LogP contribution in [0.2, 0.25) is 0 Å². The zero-order valence-corrected chi connectivity index (χ0v) is 13.8. The molecule has 2 unspecified atom stereocenters. The van der Waals surface area contributed by atoms with Gasteiger partial charge in [0, 0.05) is 31.2 Å². The Morgan fingerprint density at radius 1 is 1.29 bits per heavy atom. The first-order chi connectivity index (χ1) is 10.0. The van der Waals surface area contributed by atoms with Gasteiger partial charge in [-0.25, -0.2) is 0 Å². The van der Waals surface area contributed by atoms with Gasteiger partial charge in [-0.15, -0.1) is 0 Å². The van der Waals surface area contributed by atoms with Gasteiger partial charge in [0.2, 0.25) is 0 Å². The van der Waals surface area contributed by atoms with Gasteiger partial charge in [0.05, 0.1) is 19.9 Å². The van der Waals surface area contributed by atoms with Gasteiger partial charge in [-0.3, -0.25) is 0 Å². The maximum Gasteiger partial charge on any atom is 0.142 e. The Labute approximate surface area is 128 Å². The zero-order chi connectivity index (χ0) is 15.4. The minimum atomic E-state index is 0.439. The molecule has 0 bridgehead atoms. The van der Waals surface area contributed by atoms with E-state index in [0.29, 0.717) is 18.0 Å². The molecule has 0 amide bonds. The van der Waals surface area contributed by atoms with Crippen molar-refractivity contribution in [2.75, 3.05) is 32.2 Å². The molecule has 1 saturated heterocycles. The number of methoxy groups -OCH3 is 2. The molecule has 2 atom stereocenters. The van der Waals surface area contributed by atoms with E-state index in [4.69, 9.17) is 9.47 Å². The number of nitrogens with zero attached hydrogens (tertiary/aromatic N) is 1. The maximum absolute atomic E-state index is 5.55. The minimum absolute atomic E-state index is 0.439. The van der Waals surface area contributed by atoms with Crippen LogP contribution in [0.15, 0.2) is 18.2 Å². The first-order valence-electron chi connectivity index (χ1n) is 7.77. The maximum atomic E-state index is 5.55. The van der Waals surface area contributed by atoms with E-state index >= 15 is 0 Å². The first-order valence-corrected chi connectivity index (χ1v) is 7.77. The molecule has 0 saturated carbocycles. The molecule has 4 heteroatoms. The van der Waals surface area contributed by atoms with E-state index in [0.717, 1.165) is 30.3 Å². The molecule has 1 aliphatic rings. The molecular weight excluding hydrogens is 264 g/mol. The molecule has 1 aliphatic heterocycles. The molecule has 0 spiro atoms. The first kappa shape index (κ1) is 16.0. The average molecular weight is 292 g/mol. The van der Waals surface area contributed by atoms with Crippen LogP contribution in [0, 0.1) is 5.92 Å². The predicted octanol–water partition coefficient (Wildman–Crippen LogP) is 2.92. The highest BCUT2D eigenvalue weighted by Crippen LogP contribution is 2.34. The number of anilines is 1.